The average Bonchev–Trinajstić information content (AvgIpc) is 2.99. The van der Waals surface area contributed by atoms with Crippen LogP contribution in [0.2, 0.25) is 0 Å². The van der Waals surface area contributed by atoms with Crippen molar-refractivity contribution in [2.24, 2.45) is 5.73 Å². The minimum absolute atomic E-state index is 0.114. The Balaban J connectivity index is 2.03. The molecule has 7 heteroatoms. The fourth-order valence-electron chi connectivity index (χ4n) is 1.89. The zero-order valence-electron chi connectivity index (χ0n) is 11.2. The van der Waals surface area contributed by atoms with Crippen LogP contribution in [-0.2, 0) is 16.0 Å². The van der Waals surface area contributed by atoms with Gasteiger partial charge in [0.2, 0.25) is 5.91 Å². The summed E-state index contributed by atoms with van der Waals surface area (Å²) < 4.78 is 0. The van der Waals surface area contributed by atoms with Crippen molar-refractivity contribution in [1.29, 1.82) is 0 Å². The summed E-state index contributed by atoms with van der Waals surface area (Å²) in [5.41, 5.74) is 7.08. The van der Waals surface area contributed by atoms with Crippen molar-refractivity contribution < 1.29 is 14.7 Å². The number of carboxylic acid groups (broad SMARTS) is 1. The molecular weight excluding hydrogens is 272 g/mol. The first-order chi connectivity index (χ1) is 10.1. The number of rotatable bonds is 6. The molecule has 0 saturated carbocycles. The maximum Gasteiger partial charge on any atom is 0.326 e. The van der Waals surface area contributed by atoms with Gasteiger partial charge in [0.25, 0.3) is 0 Å². The Bertz CT molecular complexity index is 598. The highest BCUT2D eigenvalue weighted by Crippen LogP contribution is 2.10. The number of carbonyl (C=O) groups is 2. The molecule has 2 aromatic rings. The van der Waals surface area contributed by atoms with Crippen LogP contribution in [0, 0.1) is 0 Å². The Kier molecular flexibility index (Phi) is 4.68. The number of benzene rings is 1. The van der Waals surface area contributed by atoms with E-state index in [4.69, 9.17) is 5.73 Å². The van der Waals surface area contributed by atoms with E-state index in [2.05, 4.69) is 15.3 Å². The predicted molar refractivity (Wildman–Crippen MR) is 75.2 cm³/mol. The number of carbonyl (C=O) groups excluding carboxylic acids is 1. The summed E-state index contributed by atoms with van der Waals surface area (Å²) in [5, 5.41) is 11.6. The molecular formula is C14H16N4O3. The molecule has 7 nitrogen and oxygen atoms in total. The van der Waals surface area contributed by atoms with Crippen LogP contribution >= 0.6 is 0 Å². The van der Waals surface area contributed by atoms with Gasteiger partial charge >= 0.3 is 5.97 Å². The number of nitrogens with one attached hydrogen (secondary N) is 2. The van der Waals surface area contributed by atoms with Crippen LogP contribution in [0.25, 0.3) is 0 Å². The molecule has 0 radical (unpaired) electrons. The number of nitrogens with zero attached hydrogens (tertiary/aromatic N) is 1. The van der Waals surface area contributed by atoms with Crippen molar-refractivity contribution in [2.45, 2.75) is 18.5 Å². The van der Waals surface area contributed by atoms with Gasteiger partial charge < -0.3 is 21.1 Å². The third kappa shape index (κ3) is 3.90. The maximum absolute atomic E-state index is 12.1. The van der Waals surface area contributed by atoms with E-state index in [0.717, 1.165) is 0 Å². The van der Waals surface area contributed by atoms with Gasteiger partial charge in [0.05, 0.1) is 6.33 Å². The van der Waals surface area contributed by atoms with E-state index in [9.17, 15) is 14.7 Å². The molecule has 1 heterocycles. The number of nitrogens with two attached hydrogens (primary N) is 1. The first-order valence-electron chi connectivity index (χ1n) is 6.39. The molecule has 0 saturated heterocycles. The van der Waals surface area contributed by atoms with Crippen LogP contribution < -0.4 is 11.1 Å². The quantitative estimate of drug-likeness (QED) is 0.606. The Morgan fingerprint density at radius 2 is 2.05 bits per heavy atom. The summed E-state index contributed by atoms with van der Waals surface area (Å²) in [6, 6.07) is 6.81. The molecule has 1 amide bonds. The first kappa shape index (κ1) is 14.7. The van der Waals surface area contributed by atoms with Crippen LogP contribution in [0.15, 0.2) is 42.9 Å². The van der Waals surface area contributed by atoms with E-state index in [1.165, 1.54) is 12.5 Å². The second kappa shape index (κ2) is 6.67. The molecule has 0 spiro atoms. The fraction of sp³-hybridized carbons (Fsp3) is 0.214. The standard InChI is InChI=1S/C14H16N4O3/c15-12(9-4-2-1-3-5-9)13(19)18-11(14(20)21)6-10-7-16-8-17-10/h1-5,7-8,11-12H,6,15H2,(H,16,17)(H,18,19)(H,20,21). The van der Waals surface area contributed by atoms with Gasteiger partial charge in [-0.1, -0.05) is 30.3 Å². The van der Waals surface area contributed by atoms with Crippen molar-refractivity contribution in [3.63, 3.8) is 0 Å². The summed E-state index contributed by atoms with van der Waals surface area (Å²) in [4.78, 5) is 29.9. The normalized spacial score (nSPS) is 13.4. The van der Waals surface area contributed by atoms with Gasteiger partial charge in [-0.2, -0.15) is 0 Å². The van der Waals surface area contributed by atoms with E-state index >= 15 is 0 Å². The molecule has 1 aromatic heterocycles. The van der Waals surface area contributed by atoms with Gasteiger partial charge in [-0.25, -0.2) is 9.78 Å². The molecule has 21 heavy (non-hydrogen) atoms. The Labute approximate surface area is 121 Å². The van der Waals surface area contributed by atoms with Crippen LogP contribution in [0.3, 0.4) is 0 Å². The van der Waals surface area contributed by atoms with Gasteiger partial charge in [-0.3, -0.25) is 4.79 Å². The van der Waals surface area contributed by atoms with E-state index in [-0.39, 0.29) is 6.42 Å². The number of aliphatic carboxylic acids is 1. The molecule has 5 N–H and O–H groups in total. The number of amides is 1. The van der Waals surface area contributed by atoms with E-state index in [1.807, 2.05) is 6.07 Å². The highest BCUT2D eigenvalue weighted by atomic mass is 16.4. The van der Waals surface area contributed by atoms with Crippen molar-refractivity contribution in [3.8, 4) is 0 Å². The summed E-state index contributed by atoms with van der Waals surface area (Å²) in [6.07, 6.45) is 3.08. The minimum atomic E-state index is -1.13. The molecule has 0 aliphatic rings. The molecule has 2 rings (SSSR count). The second-order valence-electron chi connectivity index (χ2n) is 4.57. The topological polar surface area (TPSA) is 121 Å². The summed E-state index contributed by atoms with van der Waals surface area (Å²) in [5.74, 6) is -1.66. The molecule has 0 fully saturated rings. The lowest BCUT2D eigenvalue weighted by Crippen LogP contribution is -2.46. The first-order valence-corrected chi connectivity index (χ1v) is 6.39. The zero-order chi connectivity index (χ0) is 15.2. The van der Waals surface area contributed by atoms with Crippen molar-refractivity contribution in [1.82, 2.24) is 15.3 Å². The van der Waals surface area contributed by atoms with Gasteiger partial charge in [-0.05, 0) is 5.56 Å². The molecule has 0 aliphatic heterocycles. The number of H-pyrrole nitrogens is 1. The molecule has 110 valence electrons. The van der Waals surface area contributed by atoms with E-state index in [1.54, 1.807) is 24.3 Å². The summed E-state index contributed by atoms with van der Waals surface area (Å²) in [6.45, 7) is 0. The van der Waals surface area contributed by atoms with Gasteiger partial charge in [0, 0.05) is 18.3 Å². The van der Waals surface area contributed by atoms with Crippen LogP contribution in [-0.4, -0.2) is 33.0 Å². The molecule has 2 unspecified atom stereocenters. The van der Waals surface area contributed by atoms with Gasteiger partial charge in [-0.15, -0.1) is 0 Å². The van der Waals surface area contributed by atoms with Gasteiger partial charge in [0.15, 0.2) is 0 Å². The molecule has 0 aliphatic carbocycles. The summed E-state index contributed by atoms with van der Waals surface area (Å²) >= 11 is 0. The highest BCUT2D eigenvalue weighted by molar-refractivity contribution is 5.87. The lowest BCUT2D eigenvalue weighted by molar-refractivity contribution is -0.142. The highest BCUT2D eigenvalue weighted by Gasteiger charge is 2.24. The Hall–Kier alpha value is -2.67. The lowest BCUT2D eigenvalue weighted by Gasteiger charge is -2.17. The SMILES string of the molecule is NC(C(=O)NC(Cc1cnc[nH]1)C(=O)O)c1ccccc1. The number of hydrogen-bond donors (Lipinski definition) is 4. The molecule has 0 bridgehead atoms. The zero-order valence-corrected chi connectivity index (χ0v) is 11.2. The minimum Gasteiger partial charge on any atom is -0.480 e. The van der Waals surface area contributed by atoms with Crippen molar-refractivity contribution in [2.75, 3.05) is 0 Å². The summed E-state index contributed by atoms with van der Waals surface area (Å²) in [7, 11) is 0. The average molecular weight is 288 g/mol. The van der Waals surface area contributed by atoms with Gasteiger partial charge in [0.1, 0.15) is 12.1 Å². The van der Waals surface area contributed by atoms with Crippen molar-refractivity contribution in [3.05, 3.63) is 54.1 Å². The Morgan fingerprint density at radius 1 is 1.33 bits per heavy atom. The lowest BCUT2D eigenvalue weighted by atomic mass is 10.1. The Morgan fingerprint density at radius 3 is 2.62 bits per heavy atom. The van der Waals surface area contributed by atoms with Crippen LogP contribution in [0.1, 0.15) is 17.3 Å². The number of aromatic nitrogens is 2. The number of hydrogen-bond acceptors (Lipinski definition) is 4. The number of carboxylic acids is 1. The van der Waals surface area contributed by atoms with E-state index < -0.39 is 24.0 Å². The third-order valence-corrected chi connectivity index (χ3v) is 3.03. The number of aromatic amines is 1. The second-order valence-corrected chi connectivity index (χ2v) is 4.57. The van der Waals surface area contributed by atoms with Crippen LogP contribution in [0.5, 0.6) is 0 Å². The smallest absolute Gasteiger partial charge is 0.326 e. The molecule has 2 atom stereocenters. The fourth-order valence-corrected chi connectivity index (χ4v) is 1.89. The van der Waals surface area contributed by atoms with E-state index in [0.29, 0.717) is 11.3 Å². The van der Waals surface area contributed by atoms with Crippen molar-refractivity contribution >= 4 is 11.9 Å². The number of imidazole rings is 1. The third-order valence-electron chi connectivity index (χ3n) is 3.03. The van der Waals surface area contributed by atoms with Crippen LogP contribution in [0.4, 0.5) is 0 Å². The molecule has 1 aromatic carbocycles. The maximum atomic E-state index is 12.1. The monoisotopic (exact) mass is 288 g/mol. The largest absolute Gasteiger partial charge is 0.480 e. The predicted octanol–water partition coefficient (Wildman–Crippen LogP) is 0.222.